The highest BCUT2D eigenvalue weighted by atomic mass is 16.4. The summed E-state index contributed by atoms with van der Waals surface area (Å²) in [5.74, 6) is -1.14. The maximum Gasteiger partial charge on any atom is 0.306 e. The van der Waals surface area contributed by atoms with Crippen LogP contribution in [0.2, 0.25) is 0 Å². The van der Waals surface area contributed by atoms with Crippen LogP contribution in [0.15, 0.2) is 0 Å². The van der Waals surface area contributed by atoms with Gasteiger partial charge in [-0.2, -0.15) is 0 Å². The summed E-state index contributed by atoms with van der Waals surface area (Å²) in [6.07, 6.45) is 2.17. The van der Waals surface area contributed by atoms with E-state index in [1.54, 1.807) is 4.90 Å². The third-order valence-electron chi connectivity index (χ3n) is 5.23. The summed E-state index contributed by atoms with van der Waals surface area (Å²) >= 11 is 0. The van der Waals surface area contributed by atoms with E-state index in [-0.39, 0.29) is 29.6 Å². The van der Waals surface area contributed by atoms with Gasteiger partial charge in [0, 0.05) is 31.6 Å². The van der Waals surface area contributed by atoms with Crippen molar-refractivity contribution in [2.45, 2.75) is 47.0 Å². The van der Waals surface area contributed by atoms with E-state index in [4.69, 9.17) is 0 Å². The van der Waals surface area contributed by atoms with Gasteiger partial charge in [0.15, 0.2) is 0 Å². The van der Waals surface area contributed by atoms with E-state index in [0.717, 1.165) is 19.4 Å². The second-order valence-corrected chi connectivity index (χ2v) is 8.34. The normalized spacial score (nSPS) is 28.6. The Kier molecular flexibility index (Phi) is 5.56. The molecule has 136 valence electrons. The fourth-order valence-electron chi connectivity index (χ4n) is 3.81. The van der Waals surface area contributed by atoms with Gasteiger partial charge in [0.25, 0.3) is 0 Å². The number of carbonyl (C=O) groups excluding carboxylic acids is 2. The van der Waals surface area contributed by atoms with Crippen molar-refractivity contribution < 1.29 is 19.5 Å². The molecule has 3 unspecified atom stereocenters. The highest BCUT2D eigenvalue weighted by Gasteiger charge is 2.38. The summed E-state index contributed by atoms with van der Waals surface area (Å²) in [5.41, 5.74) is -0.431. The smallest absolute Gasteiger partial charge is 0.306 e. The highest BCUT2D eigenvalue weighted by Crippen LogP contribution is 2.28. The van der Waals surface area contributed by atoms with Crippen molar-refractivity contribution in [3.8, 4) is 0 Å². The van der Waals surface area contributed by atoms with E-state index >= 15 is 0 Å². The number of carbonyl (C=O) groups is 3. The third-order valence-corrected chi connectivity index (χ3v) is 5.23. The molecular weight excluding hydrogens is 308 g/mol. The molecule has 0 bridgehead atoms. The lowest BCUT2D eigenvalue weighted by Gasteiger charge is -2.40. The molecule has 24 heavy (non-hydrogen) atoms. The number of rotatable bonds is 2. The molecule has 2 amide bonds. The molecular formula is C18H30N2O4. The Balaban J connectivity index is 1.97. The summed E-state index contributed by atoms with van der Waals surface area (Å²) in [7, 11) is 0. The molecule has 2 aliphatic rings. The topological polar surface area (TPSA) is 77.9 Å². The van der Waals surface area contributed by atoms with Crippen molar-refractivity contribution in [2.24, 2.45) is 23.2 Å². The van der Waals surface area contributed by atoms with Gasteiger partial charge in [0.05, 0.1) is 11.8 Å². The maximum atomic E-state index is 12.8. The molecule has 0 aromatic heterocycles. The zero-order valence-corrected chi connectivity index (χ0v) is 15.2. The van der Waals surface area contributed by atoms with Gasteiger partial charge in [-0.25, -0.2) is 0 Å². The van der Waals surface area contributed by atoms with Gasteiger partial charge in [-0.15, -0.1) is 0 Å². The Morgan fingerprint density at radius 2 is 1.67 bits per heavy atom. The standard InChI is InChI=1S/C18H30N2O4/c1-12-10-19(9-7-14(12)16(22)23)15(21)13-6-5-8-20(11-13)17(24)18(2,3)4/h12-14H,5-11H2,1-4H3,(H,22,23). The van der Waals surface area contributed by atoms with Crippen molar-refractivity contribution >= 4 is 17.8 Å². The van der Waals surface area contributed by atoms with E-state index in [2.05, 4.69) is 0 Å². The number of hydrogen-bond acceptors (Lipinski definition) is 3. The van der Waals surface area contributed by atoms with Crippen LogP contribution in [0.25, 0.3) is 0 Å². The maximum absolute atomic E-state index is 12.8. The Bertz CT molecular complexity index is 512. The van der Waals surface area contributed by atoms with E-state index in [0.29, 0.717) is 26.1 Å². The lowest BCUT2D eigenvalue weighted by Crippen LogP contribution is -2.52. The summed E-state index contributed by atoms with van der Waals surface area (Å²) in [6.45, 7) is 9.81. The van der Waals surface area contributed by atoms with Gasteiger partial charge in [-0.3, -0.25) is 14.4 Å². The number of likely N-dealkylation sites (tertiary alicyclic amines) is 2. The largest absolute Gasteiger partial charge is 0.481 e. The quantitative estimate of drug-likeness (QED) is 0.833. The zero-order valence-electron chi connectivity index (χ0n) is 15.2. The molecule has 0 saturated carbocycles. The number of carboxylic acids is 1. The van der Waals surface area contributed by atoms with Crippen molar-refractivity contribution in [2.75, 3.05) is 26.2 Å². The van der Waals surface area contributed by atoms with E-state index in [1.165, 1.54) is 0 Å². The molecule has 0 aromatic rings. The molecule has 2 rings (SSSR count). The molecule has 2 aliphatic heterocycles. The molecule has 3 atom stereocenters. The van der Waals surface area contributed by atoms with Gasteiger partial charge in [-0.05, 0) is 25.2 Å². The average molecular weight is 338 g/mol. The summed E-state index contributed by atoms with van der Waals surface area (Å²) in [6, 6.07) is 0. The minimum Gasteiger partial charge on any atom is -0.481 e. The van der Waals surface area contributed by atoms with E-state index in [9.17, 15) is 19.5 Å². The first-order valence-corrected chi connectivity index (χ1v) is 8.92. The predicted molar refractivity (Wildman–Crippen MR) is 90.2 cm³/mol. The van der Waals surface area contributed by atoms with Crippen LogP contribution in [0.3, 0.4) is 0 Å². The minimum atomic E-state index is -0.769. The van der Waals surface area contributed by atoms with Crippen LogP contribution in [-0.4, -0.2) is 58.9 Å². The molecule has 2 fully saturated rings. The van der Waals surface area contributed by atoms with Crippen molar-refractivity contribution in [1.82, 2.24) is 9.80 Å². The second kappa shape index (κ2) is 7.11. The van der Waals surface area contributed by atoms with Crippen LogP contribution in [-0.2, 0) is 14.4 Å². The van der Waals surface area contributed by atoms with Crippen LogP contribution in [0, 0.1) is 23.2 Å². The Morgan fingerprint density at radius 3 is 2.21 bits per heavy atom. The number of amides is 2. The Morgan fingerprint density at radius 1 is 1.00 bits per heavy atom. The molecule has 6 nitrogen and oxygen atoms in total. The van der Waals surface area contributed by atoms with Crippen LogP contribution < -0.4 is 0 Å². The SMILES string of the molecule is CC1CN(C(=O)C2CCCN(C(=O)C(C)(C)C)C2)CCC1C(=O)O. The molecule has 1 N–H and O–H groups in total. The first-order chi connectivity index (χ1) is 11.1. The summed E-state index contributed by atoms with van der Waals surface area (Å²) in [5, 5.41) is 9.21. The molecule has 0 aliphatic carbocycles. The van der Waals surface area contributed by atoms with E-state index < -0.39 is 11.4 Å². The van der Waals surface area contributed by atoms with Gasteiger partial charge in [0.2, 0.25) is 11.8 Å². The van der Waals surface area contributed by atoms with Gasteiger partial charge >= 0.3 is 5.97 Å². The van der Waals surface area contributed by atoms with E-state index in [1.807, 2.05) is 32.6 Å². The third kappa shape index (κ3) is 4.08. The van der Waals surface area contributed by atoms with Gasteiger partial charge < -0.3 is 14.9 Å². The van der Waals surface area contributed by atoms with Crippen LogP contribution in [0.1, 0.15) is 47.0 Å². The first-order valence-electron chi connectivity index (χ1n) is 8.92. The highest BCUT2D eigenvalue weighted by molar-refractivity contribution is 5.84. The molecule has 2 heterocycles. The van der Waals surface area contributed by atoms with Gasteiger partial charge in [-0.1, -0.05) is 27.7 Å². The number of carboxylic acid groups (broad SMARTS) is 1. The fraction of sp³-hybridized carbons (Fsp3) is 0.833. The first kappa shape index (κ1) is 18.7. The van der Waals surface area contributed by atoms with Crippen LogP contribution in [0.4, 0.5) is 0 Å². The molecule has 0 spiro atoms. The number of nitrogens with zero attached hydrogens (tertiary/aromatic N) is 2. The second-order valence-electron chi connectivity index (χ2n) is 8.34. The average Bonchev–Trinajstić information content (AvgIpc) is 2.52. The fourth-order valence-corrected chi connectivity index (χ4v) is 3.81. The summed E-state index contributed by atoms with van der Waals surface area (Å²) in [4.78, 5) is 40.1. The Hall–Kier alpha value is -1.59. The lowest BCUT2D eigenvalue weighted by atomic mass is 9.85. The van der Waals surface area contributed by atoms with Crippen molar-refractivity contribution in [3.63, 3.8) is 0 Å². The predicted octanol–water partition coefficient (Wildman–Crippen LogP) is 1.84. The van der Waals surface area contributed by atoms with Crippen molar-refractivity contribution in [3.05, 3.63) is 0 Å². The van der Waals surface area contributed by atoms with Crippen molar-refractivity contribution in [1.29, 1.82) is 0 Å². The number of hydrogen-bond donors (Lipinski definition) is 1. The number of aliphatic carboxylic acids is 1. The Labute approximate surface area is 144 Å². The monoisotopic (exact) mass is 338 g/mol. The minimum absolute atomic E-state index is 0.0314. The summed E-state index contributed by atoms with van der Waals surface area (Å²) < 4.78 is 0. The lowest BCUT2D eigenvalue weighted by molar-refractivity contribution is -0.151. The molecule has 0 aromatic carbocycles. The van der Waals surface area contributed by atoms with Crippen LogP contribution >= 0.6 is 0 Å². The number of piperidine rings is 2. The molecule has 0 radical (unpaired) electrons. The zero-order chi connectivity index (χ0) is 18.1. The van der Waals surface area contributed by atoms with Gasteiger partial charge in [0.1, 0.15) is 0 Å². The van der Waals surface area contributed by atoms with Crippen LogP contribution in [0.5, 0.6) is 0 Å². The molecule has 2 saturated heterocycles. The molecule has 6 heteroatoms.